The molecular formula is C7H14B2FNO2. The van der Waals surface area contributed by atoms with Gasteiger partial charge in [-0.2, -0.15) is 0 Å². The summed E-state index contributed by atoms with van der Waals surface area (Å²) < 4.78 is 14.0. The molecule has 0 aromatic carbocycles. The molecule has 1 rings (SSSR count). The number of carbonyl (C=O) groups excluding carboxylic acids is 1. The van der Waals surface area contributed by atoms with Crippen molar-refractivity contribution < 1.29 is 14.3 Å². The first-order valence-corrected chi connectivity index (χ1v) is 4.51. The Kier molecular flexibility index (Phi) is 2.45. The minimum atomic E-state index is -1.88. The first-order valence-electron chi connectivity index (χ1n) is 4.51. The monoisotopic (exact) mass is 185 g/mol. The van der Waals surface area contributed by atoms with E-state index in [1.807, 2.05) is 6.92 Å². The second-order valence-electron chi connectivity index (χ2n) is 3.98. The zero-order chi connectivity index (χ0) is 10.3. The van der Waals surface area contributed by atoms with Gasteiger partial charge in [-0.3, -0.25) is 4.79 Å². The van der Waals surface area contributed by atoms with Gasteiger partial charge in [-0.15, -0.1) is 0 Å². The molecule has 1 aliphatic rings. The lowest BCUT2D eigenvalue weighted by atomic mass is 9.49. The van der Waals surface area contributed by atoms with E-state index in [-0.39, 0.29) is 6.61 Å². The molecule has 0 saturated carbocycles. The Morgan fingerprint density at radius 3 is 2.54 bits per heavy atom. The number of hydrogen-bond acceptors (Lipinski definition) is 2. The van der Waals surface area contributed by atoms with Crippen LogP contribution in [0.3, 0.4) is 0 Å². The third kappa shape index (κ3) is 1.19. The molecule has 1 saturated heterocycles. The Morgan fingerprint density at radius 1 is 1.69 bits per heavy atom. The summed E-state index contributed by atoms with van der Waals surface area (Å²) in [6.45, 7) is 1.61. The fourth-order valence-electron chi connectivity index (χ4n) is 1.87. The Morgan fingerprint density at radius 2 is 2.23 bits per heavy atom. The van der Waals surface area contributed by atoms with Crippen molar-refractivity contribution in [1.82, 2.24) is 5.32 Å². The molecule has 1 aliphatic heterocycles. The van der Waals surface area contributed by atoms with Crippen LogP contribution in [0, 0.1) is 0 Å². The molecule has 1 fully saturated rings. The fraction of sp³-hybridized carbons (Fsp3) is 0.857. The molecule has 2 N–H and O–H groups in total. The summed E-state index contributed by atoms with van der Waals surface area (Å²) in [7, 11) is 2.97. The maximum atomic E-state index is 14.0. The van der Waals surface area contributed by atoms with Gasteiger partial charge in [0.2, 0.25) is 5.91 Å². The van der Waals surface area contributed by atoms with Crippen LogP contribution in [-0.4, -0.2) is 44.9 Å². The van der Waals surface area contributed by atoms with Crippen molar-refractivity contribution >= 4 is 21.6 Å². The highest BCUT2D eigenvalue weighted by atomic mass is 19.1. The number of nitrogens with one attached hydrogen (secondary N) is 1. The summed E-state index contributed by atoms with van der Waals surface area (Å²) in [6.07, 6.45) is 0.518. The Balaban J connectivity index is 3.06. The molecule has 0 aliphatic carbocycles. The van der Waals surface area contributed by atoms with Gasteiger partial charge < -0.3 is 10.4 Å². The smallest absolute Gasteiger partial charge is 0.248 e. The third-order valence-corrected chi connectivity index (χ3v) is 3.49. The highest BCUT2D eigenvalue weighted by Gasteiger charge is 2.59. The molecule has 0 radical (unpaired) electrons. The van der Waals surface area contributed by atoms with Gasteiger partial charge >= 0.3 is 0 Å². The minimum Gasteiger partial charge on any atom is -0.394 e. The molecule has 3 unspecified atom stereocenters. The van der Waals surface area contributed by atoms with E-state index in [2.05, 4.69) is 5.32 Å². The molecule has 1 amide bonds. The van der Waals surface area contributed by atoms with Crippen LogP contribution in [0.25, 0.3) is 0 Å². The summed E-state index contributed by atoms with van der Waals surface area (Å²) in [5, 5.41) is 10.7. The first kappa shape index (κ1) is 10.6. The van der Waals surface area contributed by atoms with E-state index in [4.69, 9.17) is 5.11 Å². The van der Waals surface area contributed by atoms with Crippen molar-refractivity contribution in [1.29, 1.82) is 0 Å². The number of halogens is 1. The summed E-state index contributed by atoms with van der Waals surface area (Å²) in [5.74, 6) is -0.615. The maximum absolute atomic E-state index is 14.0. The van der Waals surface area contributed by atoms with Crippen LogP contribution >= 0.6 is 0 Å². The molecule has 0 aromatic rings. The van der Waals surface area contributed by atoms with Crippen LogP contribution < -0.4 is 5.32 Å². The lowest BCUT2D eigenvalue weighted by molar-refractivity contribution is -0.125. The zero-order valence-corrected chi connectivity index (χ0v) is 8.22. The van der Waals surface area contributed by atoms with Gasteiger partial charge in [0.05, 0.1) is 12.6 Å². The number of aliphatic hydroxyl groups excluding tert-OH is 1. The van der Waals surface area contributed by atoms with E-state index in [1.165, 1.54) is 7.85 Å². The first-order chi connectivity index (χ1) is 5.90. The van der Waals surface area contributed by atoms with E-state index >= 15 is 0 Å². The minimum absolute atomic E-state index is 0.213. The molecule has 0 spiro atoms. The molecule has 6 heteroatoms. The van der Waals surface area contributed by atoms with Crippen LogP contribution in [0.2, 0.25) is 5.31 Å². The van der Waals surface area contributed by atoms with E-state index in [0.29, 0.717) is 6.42 Å². The van der Waals surface area contributed by atoms with Crippen LogP contribution in [0.5, 0.6) is 0 Å². The largest absolute Gasteiger partial charge is 0.394 e. The maximum Gasteiger partial charge on any atom is 0.248 e. The van der Waals surface area contributed by atoms with Gasteiger partial charge in [0.1, 0.15) is 7.85 Å². The van der Waals surface area contributed by atoms with Crippen LogP contribution in [0.15, 0.2) is 0 Å². The molecule has 3 nitrogen and oxygen atoms in total. The van der Waals surface area contributed by atoms with Gasteiger partial charge in [-0.25, -0.2) is 4.39 Å². The van der Waals surface area contributed by atoms with Gasteiger partial charge in [0.15, 0.2) is 13.4 Å². The second-order valence-corrected chi connectivity index (χ2v) is 3.98. The van der Waals surface area contributed by atoms with Gasteiger partial charge in [0, 0.05) is 0 Å². The number of carbonyl (C=O) groups is 1. The third-order valence-electron chi connectivity index (χ3n) is 3.49. The molecular weight excluding hydrogens is 171 g/mol. The molecule has 0 bridgehead atoms. The topological polar surface area (TPSA) is 49.3 Å². The summed E-state index contributed by atoms with van der Waals surface area (Å²) in [5.41, 5.74) is -1.88. The van der Waals surface area contributed by atoms with Crippen molar-refractivity contribution in [3.8, 4) is 0 Å². The summed E-state index contributed by atoms with van der Waals surface area (Å²) in [4.78, 5) is 11.2. The van der Waals surface area contributed by atoms with Gasteiger partial charge in [-0.05, 0) is 5.31 Å². The second kappa shape index (κ2) is 3.01. The standard InChI is InChI=1S/C7H14B2FNO2/c1-2-6(8)4(3-12)11-5(13)7(6,9)10/h4,12H,2-3,8-9H2,1H3,(H,11,13). The van der Waals surface area contributed by atoms with Crippen molar-refractivity contribution in [2.75, 3.05) is 6.61 Å². The van der Waals surface area contributed by atoms with Crippen molar-refractivity contribution in [3.05, 3.63) is 0 Å². The summed E-state index contributed by atoms with van der Waals surface area (Å²) >= 11 is 0. The number of amides is 1. The predicted octanol–water partition coefficient (Wildman–Crippen LogP) is -2.02. The van der Waals surface area contributed by atoms with Crippen LogP contribution in [-0.2, 0) is 4.79 Å². The fourth-order valence-corrected chi connectivity index (χ4v) is 1.87. The Labute approximate surface area is 78.9 Å². The summed E-state index contributed by atoms with van der Waals surface area (Å²) in [6, 6.07) is -0.472. The SMILES string of the molecule is BC1(F)C(=O)NC(CO)C1(B)CC. The Hall–Kier alpha value is -0.510. The number of rotatable bonds is 2. The zero-order valence-electron chi connectivity index (χ0n) is 8.22. The number of alkyl halides is 1. The Bertz CT molecular complexity index is 237. The quantitative estimate of drug-likeness (QED) is 0.487. The van der Waals surface area contributed by atoms with Crippen molar-refractivity contribution in [2.45, 2.75) is 30.3 Å². The van der Waals surface area contributed by atoms with E-state index < -0.39 is 22.8 Å². The molecule has 13 heavy (non-hydrogen) atoms. The number of hydrogen-bond donors (Lipinski definition) is 2. The molecule has 3 atom stereocenters. The lowest BCUT2D eigenvalue weighted by Crippen LogP contribution is -2.44. The van der Waals surface area contributed by atoms with E-state index in [0.717, 1.165) is 0 Å². The molecule has 72 valence electrons. The van der Waals surface area contributed by atoms with Gasteiger partial charge in [-0.1, -0.05) is 13.3 Å². The average molecular weight is 185 g/mol. The van der Waals surface area contributed by atoms with Crippen LogP contribution in [0.4, 0.5) is 4.39 Å². The predicted molar refractivity (Wildman–Crippen MR) is 52.9 cm³/mol. The van der Waals surface area contributed by atoms with Crippen molar-refractivity contribution in [3.63, 3.8) is 0 Å². The average Bonchev–Trinajstić information content (AvgIpc) is 2.26. The molecule has 1 heterocycles. The van der Waals surface area contributed by atoms with E-state index in [9.17, 15) is 9.18 Å². The van der Waals surface area contributed by atoms with Gasteiger partial charge in [0.25, 0.3) is 0 Å². The molecule has 0 aromatic heterocycles. The highest BCUT2D eigenvalue weighted by Crippen LogP contribution is 2.47. The van der Waals surface area contributed by atoms with Crippen molar-refractivity contribution in [2.24, 2.45) is 0 Å². The lowest BCUT2D eigenvalue weighted by Gasteiger charge is -2.35. The highest BCUT2D eigenvalue weighted by molar-refractivity contribution is 6.37. The van der Waals surface area contributed by atoms with E-state index in [1.54, 1.807) is 7.85 Å². The number of aliphatic hydroxyl groups is 1. The normalized spacial score (nSPS) is 44.8. The van der Waals surface area contributed by atoms with Crippen LogP contribution in [0.1, 0.15) is 13.3 Å².